The Kier molecular flexibility index (Phi) is 8.81. The van der Waals surface area contributed by atoms with Gasteiger partial charge >= 0.3 is 0 Å². The van der Waals surface area contributed by atoms with Crippen LogP contribution in [0.2, 0.25) is 0 Å². The fourth-order valence-corrected chi connectivity index (χ4v) is 5.95. The minimum Gasteiger partial charge on any atom is -0.376 e. The number of hydrogen-bond donors (Lipinski definition) is 0. The molecule has 0 radical (unpaired) electrons. The number of benzene rings is 1. The van der Waals surface area contributed by atoms with Gasteiger partial charge in [-0.3, -0.25) is 4.79 Å². The number of rotatable bonds is 10. The summed E-state index contributed by atoms with van der Waals surface area (Å²) in [6.45, 7) is 14.3. The molecule has 0 N–H and O–H groups in total. The molecule has 1 unspecified atom stereocenters. The van der Waals surface area contributed by atoms with E-state index in [1.165, 1.54) is 0 Å². The summed E-state index contributed by atoms with van der Waals surface area (Å²) < 4.78 is 34.5. The second kappa shape index (κ2) is 11.2. The molecule has 0 bridgehead atoms. The van der Waals surface area contributed by atoms with E-state index in [1.54, 1.807) is 10.8 Å². The Labute approximate surface area is 210 Å². The molecule has 1 saturated heterocycles. The molecule has 1 aliphatic rings. The van der Waals surface area contributed by atoms with Gasteiger partial charge in [0, 0.05) is 26.1 Å². The number of aryl methyl sites for hydroxylation is 1. The average molecular weight is 504 g/mol. The van der Waals surface area contributed by atoms with E-state index in [9.17, 15) is 13.2 Å². The summed E-state index contributed by atoms with van der Waals surface area (Å²) in [7, 11) is -3.67. The second-order valence-corrected chi connectivity index (χ2v) is 13.3. The standard InChI is InChI=1S/C27H41N3O4S/c1-20(2)16-30-23(15-28-26(30)35(32,33)19-22-10-7-9-21(3)13-22)17-29(18-24-11-8-12-34-24)25(31)14-27(4,5)6/h7,9-10,13,15,20,24H,8,11-12,14,16-19H2,1-6H3. The number of nitrogens with zero attached hydrogens (tertiary/aromatic N) is 3. The molecular formula is C27H41N3O4S. The topological polar surface area (TPSA) is 81.5 Å². The predicted octanol–water partition coefficient (Wildman–Crippen LogP) is 4.77. The summed E-state index contributed by atoms with van der Waals surface area (Å²) >= 11 is 0. The molecular weight excluding hydrogens is 462 g/mol. The van der Waals surface area contributed by atoms with E-state index >= 15 is 0 Å². The van der Waals surface area contributed by atoms with Crippen LogP contribution in [0.25, 0.3) is 0 Å². The van der Waals surface area contributed by atoms with Gasteiger partial charge in [0.05, 0.1) is 30.3 Å². The van der Waals surface area contributed by atoms with E-state index in [0.29, 0.717) is 26.1 Å². The highest BCUT2D eigenvalue weighted by Crippen LogP contribution is 2.25. The number of ether oxygens (including phenoxy) is 1. The second-order valence-electron chi connectivity index (χ2n) is 11.4. The maximum absolute atomic E-state index is 13.4. The molecule has 0 saturated carbocycles. The molecule has 8 heteroatoms. The zero-order valence-corrected chi connectivity index (χ0v) is 22.9. The first-order chi connectivity index (χ1) is 16.3. The lowest BCUT2D eigenvalue weighted by Gasteiger charge is -2.29. The Morgan fingerprint density at radius 1 is 1.29 bits per heavy atom. The Bertz CT molecular complexity index is 1110. The maximum Gasteiger partial charge on any atom is 0.228 e. The van der Waals surface area contributed by atoms with Crippen LogP contribution in [-0.2, 0) is 38.2 Å². The first kappa shape index (κ1) is 27.4. The summed E-state index contributed by atoms with van der Waals surface area (Å²) in [6, 6.07) is 7.54. The third-order valence-electron chi connectivity index (χ3n) is 6.00. The van der Waals surface area contributed by atoms with Gasteiger partial charge in [-0.05, 0) is 36.7 Å². The quantitative estimate of drug-likeness (QED) is 0.467. The van der Waals surface area contributed by atoms with Gasteiger partial charge in [0.25, 0.3) is 0 Å². The molecule has 1 fully saturated rings. The lowest BCUT2D eigenvalue weighted by molar-refractivity contribution is -0.135. The first-order valence-electron chi connectivity index (χ1n) is 12.6. The molecule has 0 aliphatic carbocycles. The molecule has 1 aromatic heterocycles. The maximum atomic E-state index is 13.4. The zero-order valence-electron chi connectivity index (χ0n) is 22.1. The smallest absolute Gasteiger partial charge is 0.228 e. The van der Waals surface area contributed by atoms with Gasteiger partial charge in [-0.1, -0.05) is 64.4 Å². The molecule has 194 valence electrons. The highest BCUT2D eigenvalue weighted by atomic mass is 32.2. The third-order valence-corrected chi connectivity index (χ3v) is 7.60. The average Bonchev–Trinajstić information content (AvgIpc) is 3.36. The van der Waals surface area contributed by atoms with Gasteiger partial charge < -0.3 is 14.2 Å². The van der Waals surface area contributed by atoms with E-state index in [-0.39, 0.29) is 34.3 Å². The fourth-order valence-electron chi connectivity index (χ4n) is 4.46. The molecule has 1 atom stereocenters. The van der Waals surface area contributed by atoms with Crippen LogP contribution in [-0.4, -0.2) is 48.0 Å². The number of carbonyl (C=O) groups excluding carboxylic acids is 1. The van der Waals surface area contributed by atoms with Crippen LogP contribution in [0.5, 0.6) is 0 Å². The molecule has 0 spiro atoms. The van der Waals surface area contributed by atoms with Crippen molar-refractivity contribution >= 4 is 15.7 Å². The van der Waals surface area contributed by atoms with Crippen LogP contribution in [0.1, 0.15) is 70.7 Å². The largest absolute Gasteiger partial charge is 0.376 e. The Balaban J connectivity index is 1.92. The van der Waals surface area contributed by atoms with Crippen molar-refractivity contribution in [1.29, 1.82) is 0 Å². The van der Waals surface area contributed by atoms with Gasteiger partial charge in [-0.25, -0.2) is 13.4 Å². The van der Waals surface area contributed by atoms with E-state index < -0.39 is 9.84 Å². The molecule has 1 aliphatic heterocycles. The number of sulfone groups is 1. The van der Waals surface area contributed by atoms with Gasteiger partial charge in [0.1, 0.15) is 0 Å². The van der Waals surface area contributed by atoms with Crippen molar-refractivity contribution in [3.63, 3.8) is 0 Å². The third kappa shape index (κ3) is 7.90. The molecule has 7 nitrogen and oxygen atoms in total. The van der Waals surface area contributed by atoms with Gasteiger partial charge in [0.2, 0.25) is 20.9 Å². The molecule has 2 aromatic rings. The van der Waals surface area contributed by atoms with Gasteiger partial charge in [0.15, 0.2) is 0 Å². The molecule has 3 rings (SSSR count). The van der Waals surface area contributed by atoms with Crippen molar-refractivity contribution in [2.45, 2.75) is 90.9 Å². The molecule has 35 heavy (non-hydrogen) atoms. The number of carbonyl (C=O) groups is 1. The van der Waals surface area contributed by atoms with Crippen LogP contribution in [0.15, 0.2) is 35.6 Å². The molecule has 2 heterocycles. The van der Waals surface area contributed by atoms with Crippen molar-refractivity contribution in [3.8, 4) is 0 Å². The summed E-state index contributed by atoms with van der Waals surface area (Å²) in [4.78, 5) is 19.5. The van der Waals surface area contributed by atoms with Crippen LogP contribution >= 0.6 is 0 Å². The lowest BCUT2D eigenvalue weighted by atomic mass is 9.91. The van der Waals surface area contributed by atoms with E-state index in [4.69, 9.17) is 4.74 Å². The van der Waals surface area contributed by atoms with Crippen molar-refractivity contribution < 1.29 is 17.9 Å². The summed E-state index contributed by atoms with van der Waals surface area (Å²) in [5.74, 6) is 0.161. The first-order valence-corrected chi connectivity index (χ1v) is 14.2. The van der Waals surface area contributed by atoms with Crippen LogP contribution in [0.3, 0.4) is 0 Å². The monoisotopic (exact) mass is 503 g/mol. The Morgan fingerprint density at radius 2 is 2.03 bits per heavy atom. The van der Waals surface area contributed by atoms with Crippen molar-refractivity contribution in [3.05, 3.63) is 47.3 Å². The minimum absolute atomic E-state index is 0.0184. The number of hydrogen-bond acceptors (Lipinski definition) is 5. The Hall–Kier alpha value is -2.19. The predicted molar refractivity (Wildman–Crippen MR) is 138 cm³/mol. The number of imidazole rings is 1. The van der Waals surface area contributed by atoms with Gasteiger partial charge in [-0.2, -0.15) is 0 Å². The molecule has 1 aromatic carbocycles. The summed E-state index contributed by atoms with van der Waals surface area (Å²) in [5, 5.41) is 0.0723. The number of aromatic nitrogens is 2. The number of amides is 1. The van der Waals surface area contributed by atoms with Crippen molar-refractivity contribution in [1.82, 2.24) is 14.5 Å². The lowest BCUT2D eigenvalue weighted by Crippen LogP contribution is -2.39. The highest BCUT2D eigenvalue weighted by molar-refractivity contribution is 7.90. The normalized spacial score (nSPS) is 16.7. The highest BCUT2D eigenvalue weighted by Gasteiger charge is 2.29. The van der Waals surface area contributed by atoms with E-state index in [0.717, 1.165) is 36.3 Å². The minimum atomic E-state index is -3.67. The van der Waals surface area contributed by atoms with Crippen LogP contribution < -0.4 is 0 Å². The Morgan fingerprint density at radius 3 is 2.63 bits per heavy atom. The SMILES string of the molecule is Cc1cccc(CS(=O)(=O)c2ncc(CN(CC3CCCO3)C(=O)CC(C)(C)C)n2CC(C)C)c1. The zero-order chi connectivity index (χ0) is 25.8. The molecule has 1 amide bonds. The summed E-state index contributed by atoms with van der Waals surface area (Å²) in [5.41, 5.74) is 2.35. The summed E-state index contributed by atoms with van der Waals surface area (Å²) in [6.07, 6.45) is 3.98. The fraction of sp³-hybridized carbons (Fsp3) is 0.630. The van der Waals surface area contributed by atoms with Gasteiger partial charge in [-0.15, -0.1) is 0 Å². The van der Waals surface area contributed by atoms with E-state index in [1.807, 2.05) is 56.9 Å². The van der Waals surface area contributed by atoms with Crippen molar-refractivity contribution in [2.24, 2.45) is 11.3 Å². The van der Waals surface area contributed by atoms with Crippen molar-refractivity contribution in [2.75, 3.05) is 13.2 Å². The van der Waals surface area contributed by atoms with E-state index in [2.05, 4.69) is 18.8 Å². The van der Waals surface area contributed by atoms with Crippen LogP contribution in [0.4, 0.5) is 0 Å². The van der Waals surface area contributed by atoms with Crippen LogP contribution in [0, 0.1) is 18.3 Å².